The molecular formula is C24H25N7. The number of likely N-dealkylation sites (N-methyl/N-ethyl adjacent to an activating group) is 1. The monoisotopic (exact) mass is 411 g/mol. The molecule has 0 saturated carbocycles. The smallest absolute Gasteiger partial charge is 0.0999 e. The average Bonchev–Trinajstić information content (AvgIpc) is 3.10. The molecule has 3 heterocycles. The van der Waals surface area contributed by atoms with Gasteiger partial charge in [-0.1, -0.05) is 12.6 Å². The molecule has 3 aromatic rings. The van der Waals surface area contributed by atoms with Crippen LogP contribution in [0, 0.1) is 11.3 Å². The zero-order valence-electron chi connectivity index (χ0n) is 17.8. The van der Waals surface area contributed by atoms with Crippen molar-refractivity contribution in [2.45, 2.75) is 6.42 Å². The first kappa shape index (κ1) is 19.1. The first-order valence-corrected chi connectivity index (χ1v) is 10.4. The summed E-state index contributed by atoms with van der Waals surface area (Å²) in [6, 6.07) is 12.8. The number of nitrogens with one attached hydrogen (secondary N) is 2. The Bertz CT molecular complexity index is 1220. The van der Waals surface area contributed by atoms with Crippen molar-refractivity contribution in [3.8, 4) is 17.2 Å². The minimum atomic E-state index is 0.647. The van der Waals surface area contributed by atoms with Gasteiger partial charge >= 0.3 is 0 Å². The molecular weight excluding hydrogens is 386 g/mol. The normalized spacial score (nSPS) is 15.3. The number of fused-ring (bicyclic) bond motifs is 2. The molecule has 2 N–H and O–H groups in total. The van der Waals surface area contributed by atoms with Crippen molar-refractivity contribution < 1.29 is 0 Å². The molecule has 31 heavy (non-hydrogen) atoms. The van der Waals surface area contributed by atoms with Gasteiger partial charge in [0, 0.05) is 63.2 Å². The van der Waals surface area contributed by atoms with Crippen molar-refractivity contribution >= 4 is 28.4 Å². The fourth-order valence-electron chi connectivity index (χ4n) is 4.38. The number of nitrogens with zero attached hydrogens (tertiary/aromatic N) is 5. The highest BCUT2D eigenvalue weighted by molar-refractivity contribution is 5.93. The van der Waals surface area contributed by atoms with E-state index in [0.717, 1.165) is 71.3 Å². The summed E-state index contributed by atoms with van der Waals surface area (Å²) in [4.78, 5) is 4.56. The molecule has 0 aliphatic carbocycles. The molecule has 0 unspecified atom stereocenters. The van der Waals surface area contributed by atoms with Crippen molar-refractivity contribution in [2.75, 3.05) is 47.1 Å². The van der Waals surface area contributed by atoms with Crippen LogP contribution in [0.2, 0.25) is 0 Å². The van der Waals surface area contributed by atoms with E-state index in [4.69, 9.17) is 0 Å². The summed E-state index contributed by atoms with van der Waals surface area (Å²) in [6.45, 7) is 6.66. The number of hydrogen-bond donors (Lipinski definition) is 2. The van der Waals surface area contributed by atoms with Crippen LogP contribution in [-0.2, 0) is 7.05 Å². The van der Waals surface area contributed by atoms with Gasteiger partial charge in [0.25, 0.3) is 0 Å². The molecule has 2 aliphatic rings. The van der Waals surface area contributed by atoms with Crippen LogP contribution in [0.25, 0.3) is 11.1 Å². The van der Waals surface area contributed by atoms with Gasteiger partial charge in [0.1, 0.15) is 0 Å². The Hall–Kier alpha value is -3.92. The largest absolute Gasteiger partial charge is 0.381 e. The lowest BCUT2D eigenvalue weighted by atomic mass is 9.98. The zero-order chi connectivity index (χ0) is 21.5. The lowest BCUT2D eigenvalue weighted by molar-refractivity contribution is 0.768. The molecule has 0 atom stereocenters. The summed E-state index contributed by atoms with van der Waals surface area (Å²) in [5.74, 6) is 0. The molecule has 2 aliphatic heterocycles. The van der Waals surface area contributed by atoms with E-state index in [0.29, 0.717) is 5.56 Å². The van der Waals surface area contributed by atoms with Crippen molar-refractivity contribution in [3.63, 3.8) is 0 Å². The maximum Gasteiger partial charge on any atom is 0.0999 e. The predicted octanol–water partition coefficient (Wildman–Crippen LogP) is 4.29. The molecule has 0 saturated heterocycles. The number of aryl methyl sites for hydroxylation is 1. The summed E-state index contributed by atoms with van der Waals surface area (Å²) in [6.07, 6.45) is 4.63. The second-order valence-electron chi connectivity index (χ2n) is 8.08. The fraction of sp³-hybridized carbons (Fsp3) is 0.250. The van der Waals surface area contributed by atoms with E-state index in [-0.39, 0.29) is 0 Å². The highest BCUT2D eigenvalue weighted by atomic mass is 15.3. The van der Waals surface area contributed by atoms with Gasteiger partial charge in [-0.3, -0.25) is 4.68 Å². The van der Waals surface area contributed by atoms with Crippen LogP contribution >= 0.6 is 0 Å². The number of para-hydroxylation sites is 1. The van der Waals surface area contributed by atoms with Crippen LogP contribution in [0.3, 0.4) is 0 Å². The number of nitriles is 1. The summed E-state index contributed by atoms with van der Waals surface area (Å²) in [7, 11) is 3.99. The number of benzene rings is 2. The lowest BCUT2D eigenvalue weighted by Crippen LogP contribution is -2.37. The van der Waals surface area contributed by atoms with Crippen LogP contribution in [0.5, 0.6) is 0 Å². The maximum absolute atomic E-state index is 9.93. The van der Waals surface area contributed by atoms with Crippen LogP contribution < -0.4 is 20.4 Å². The van der Waals surface area contributed by atoms with E-state index in [1.165, 1.54) is 0 Å². The predicted molar refractivity (Wildman–Crippen MR) is 126 cm³/mol. The molecule has 0 spiro atoms. The minimum Gasteiger partial charge on any atom is -0.381 e. The van der Waals surface area contributed by atoms with Gasteiger partial charge in [0.15, 0.2) is 0 Å². The molecule has 5 rings (SSSR count). The molecule has 7 heteroatoms. The highest BCUT2D eigenvalue weighted by Crippen LogP contribution is 2.45. The lowest BCUT2D eigenvalue weighted by Gasteiger charge is -2.38. The summed E-state index contributed by atoms with van der Waals surface area (Å²) in [5, 5.41) is 21.2. The van der Waals surface area contributed by atoms with E-state index in [1.807, 2.05) is 25.5 Å². The first-order valence-electron chi connectivity index (χ1n) is 10.4. The third kappa shape index (κ3) is 3.26. The van der Waals surface area contributed by atoms with Gasteiger partial charge in [-0.2, -0.15) is 10.4 Å². The van der Waals surface area contributed by atoms with E-state index < -0.39 is 0 Å². The van der Waals surface area contributed by atoms with Gasteiger partial charge < -0.3 is 20.4 Å². The Morgan fingerprint density at radius 3 is 2.77 bits per heavy atom. The maximum atomic E-state index is 9.93. The van der Waals surface area contributed by atoms with Gasteiger partial charge in [-0.05, 0) is 24.3 Å². The molecule has 0 amide bonds. The van der Waals surface area contributed by atoms with E-state index >= 15 is 0 Å². The molecule has 0 radical (unpaired) electrons. The number of rotatable bonds is 2. The fourth-order valence-corrected chi connectivity index (χ4v) is 4.38. The molecule has 2 aromatic carbocycles. The SMILES string of the molecule is C=C1CCNc2c(cccc2N2CCN(C)c3cc(-c4cnn(C)c4)c(C#N)cc32)N1. The standard InChI is InChI=1S/C24H25N7/c1-16-7-8-26-24-20(28-16)5-4-6-21(24)31-10-9-29(2)22-12-19(17(13-25)11-23(22)31)18-14-27-30(3)15-18/h4-6,11-12,14-15,26,28H,1,7-10H2,2-3H3. The third-order valence-electron chi connectivity index (χ3n) is 5.99. The molecule has 1 aromatic heterocycles. The van der Waals surface area contributed by atoms with Gasteiger partial charge in [0.05, 0.1) is 46.3 Å². The highest BCUT2D eigenvalue weighted by Gasteiger charge is 2.27. The van der Waals surface area contributed by atoms with Crippen molar-refractivity contribution in [3.05, 3.63) is 60.6 Å². The topological polar surface area (TPSA) is 72.1 Å². The van der Waals surface area contributed by atoms with E-state index in [9.17, 15) is 5.26 Å². The van der Waals surface area contributed by atoms with Crippen molar-refractivity contribution in [1.29, 1.82) is 5.26 Å². The minimum absolute atomic E-state index is 0.647. The summed E-state index contributed by atoms with van der Waals surface area (Å²) >= 11 is 0. The van der Waals surface area contributed by atoms with Gasteiger partial charge in [0.2, 0.25) is 0 Å². The zero-order valence-corrected chi connectivity index (χ0v) is 17.8. The van der Waals surface area contributed by atoms with Crippen LogP contribution in [0.1, 0.15) is 12.0 Å². The molecule has 156 valence electrons. The third-order valence-corrected chi connectivity index (χ3v) is 5.99. The summed E-state index contributed by atoms with van der Waals surface area (Å²) in [5.41, 5.74) is 8.87. The van der Waals surface area contributed by atoms with Crippen molar-refractivity contribution in [1.82, 2.24) is 9.78 Å². The van der Waals surface area contributed by atoms with Crippen LogP contribution in [0.15, 0.2) is 55.0 Å². The Balaban J connectivity index is 1.66. The number of hydrogen-bond acceptors (Lipinski definition) is 6. The second kappa shape index (κ2) is 7.40. The second-order valence-corrected chi connectivity index (χ2v) is 8.08. The van der Waals surface area contributed by atoms with Crippen LogP contribution in [0.4, 0.5) is 28.4 Å². The number of anilines is 5. The Morgan fingerprint density at radius 2 is 2.00 bits per heavy atom. The van der Waals surface area contributed by atoms with Gasteiger partial charge in [-0.25, -0.2) is 0 Å². The van der Waals surface area contributed by atoms with E-state index in [2.05, 4.69) is 69.5 Å². The van der Waals surface area contributed by atoms with Crippen LogP contribution in [-0.4, -0.2) is 36.5 Å². The van der Waals surface area contributed by atoms with Gasteiger partial charge in [-0.15, -0.1) is 0 Å². The first-order chi connectivity index (χ1) is 15.0. The molecule has 7 nitrogen and oxygen atoms in total. The quantitative estimate of drug-likeness (QED) is 0.656. The Kier molecular flexibility index (Phi) is 4.55. The number of aromatic nitrogens is 2. The molecule has 0 bridgehead atoms. The van der Waals surface area contributed by atoms with E-state index in [1.54, 1.807) is 4.68 Å². The average molecular weight is 412 g/mol. The summed E-state index contributed by atoms with van der Waals surface area (Å²) < 4.78 is 1.76. The van der Waals surface area contributed by atoms with Crippen molar-refractivity contribution in [2.24, 2.45) is 7.05 Å². The molecule has 0 fully saturated rings. The Morgan fingerprint density at radius 1 is 1.13 bits per heavy atom. The Labute approximate surface area is 182 Å².